The Labute approximate surface area is 191 Å². The largest absolute Gasteiger partial charge is 0.355 e. The summed E-state index contributed by atoms with van der Waals surface area (Å²) in [5.41, 5.74) is 1.26. The lowest BCUT2D eigenvalue weighted by Gasteiger charge is -2.14. The Hall–Kier alpha value is -3.08. The van der Waals surface area contributed by atoms with Crippen molar-refractivity contribution in [2.75, 3.05) is 16.5 Å². The van der Waals surface area contributed by atoms with E-state index in [1.807, 2.05) is 0 Å². The molecule has 0 spiro atoms. The van der Waals surface area contributed by atoms with Gasteiger partial charge in [-0.25, -0.2) is 16.8 Å². The minimum atomic E-state index is -4.02. The van der Waals surface area contributed by atoms with Crippen molar-refractivity contribution in [1.82, 2.24) is 5.32 Å². The van der Waals surface area contributed by atoms with E-state index in [4.69, 9.17) is 11.6 Å². The second-order valence-electron chi connectivity index (χ2n) is 6.80. The molecule has 0 saturated heterocycles. The zero-order chi connectivity index (χ0) is 23.5. The van der Waals surface area contributed by atoms with Crippen molar-refractivity contribution in [3.8, 4) is 0 Å². The van der Waals surface area contributed by atoms with Crippen LogP contribution >= 0.6 is 11.6 Å². The maximum atomic E-state index is 12.8. The van der Waals surface area contributed by atoms with Gasteiger partial charge in [-0.1, -0.05) is 17.7 Å². The molecule has 0 unspecified atom stereocenters. The summed E-state index contributed by atoms with van der Waals surface area (Å²) in [4.78, 5) is 11.5. The molecule has 1 amide bonds. The molecule has 0 aliphatic rings. The van der Waals surface area contributed by atoms with Crippen LogP contribution in [0.25, 0.3) is 0 Å². The van der Waals surface area contributed by atoms with Crippen molar-refractivity contribution in [2.24, 2.45) is 0 Å². The van der Waals surface area contributed by atoms with Crippen molar-refractivity contribution >= 4 is 48.9 Å². The van der Waals surface area contributed by atoms with E-state index in [9.17, 15) is 21.6 Å². The monoisotopic (exact) mass is 493 g/mol. The Morgan fingerprint density at radius 2 is 1.34 bits per heavy atom. The van der Waals surface area contributed by atoms with Gasteiger partial charge < -0.3 is 5.32 Å². The standard InChI is InChI=1S/C21H20ClN3O5S2/c1-14-3-10-19(32(29,30)24-17-8-6-16(22)7-9-17)13-20(14)25-31(27,28)18-11-4-15(5-12-18)21(26)23-2/h3-13,24-25H,1-2H3,(H,23,26). The van der Waals surface area contributed by atoms with Gasteiger partial charge in [-0.15, -0.1) is 0 Å². The highest BCUT2D eigenvalue weighted by atomic mass is 35.5. The van der Waals surface area contributed by atoms with E-state index < -0.39 is 20.0 Å². The van der Waals surface area contributed by atoms with E-state index in [0.717, 1.165) is 0 Å². The van der Waals surface area contributed by atoms with Crippen LogP contribution in [-0.2, 0) is 20.0 Å². The predicted octanol–water partition coefficient (Wildman–Crippen LogP) is 3.61. The molecule has 0 radical (unpaired) electrons. The molecular formula is C21H20ClN3O5S2. The quantitative estimate of drug-likeness (QED) is 0.464. The van der Waals surface area contributed by atoms with Crippen LogP contribution in [0, 0.1) is 6.92 Å². The van der Waals surface area contributed by atoms with Gasteiger partial charge in [-0.3, -0.25) is 14.2 Å². The molecule has 0 aliphatic heterocycles. The highest BCUT2D eigenvalue weighted by Gasteiger charge is 2.20. The number of nitrogens with one attached hydrogen (secondary N) is 3. The Morgan fingerprint density at radius 1 is 0.781 bits per heavy atom. The van der Waals surface area contributed by atoms with Crippen LogP contribution in [0.3, 0.4) is 0 Å². The molecule has 0 saturated carbocycles. The minimum Gasteiger partial charge on any atom is -0.355 e. The predicted molar refractivity (Wildman–Crippen MR) is 124 cm³/mol. The van der Waals surface area contributed by atoms with Crippen LogP contribution in [0.2, 0.25) is 5.02 Å². The van der Waals surface area contributed by atoms with Gasteiger partial charge in [0.05, 0.1) is 15.5 Å². The molecule has 0 aliphatic carbocycles. The molecule has 3 aromatic carbocycles. The summed E-state index contributed by atoms with van der Waals surface area (Å²) >= 11 is 5.82. The lowest BCUT2D eigenvalue weighted by Crippen LogP contribution is -2.18. The molecule has 0 heterocycles. The zero-order valence-electron chi connectivity index (χ0n) is 17.1. The number of sulfonamides is 2. The molecule has 0 fully saturated rings. The molecule has 8 nitrogen and oxygen atoms in total. The molecule has 32 heavy (non-hydrogen) atoms. The molecule has 3 aromatic rings. The fourth-order valence-electron chi connectivity index (χ4n) is 2.74. The number of amides is 1. The summed E-state index contributed by atoms with van der Waals surface area (Å²) in [5, 5.41) is 2.92. The van der Waals surface area contributed by atoms with Crippen LogP contribution in [0.5, 0.6) is 0 Å². The maximum Gasteiger partial charge on any atom is 0.261 e. The third-order valence-electron chi connectivity index (χ3n) is 4.51. The smallest absolute Gasteiger partial charge is 0.261 e. The summed E-state index contributed by atoms with van der Waals surface area (Å²) in [7, 11) is -6.53. The molecule has 3 rings (SSSR count). The van der Waals surface area contributed by atoms with Crippen LogP contribution in [0.4, 0.5) is 11.4 Å². The van der Waals surface area contributed by atoms with Crippen LogP contribution < -0.4 is 14.8 Å². The summed E-state index contributed by atoms with van der Waals surface area (Å²) in [6.07, 6.45) is 0. The molecule has 0 bridgehead atoms. The summed E-state index contributed by atoms with van der Waals surface area (Å²) in [6.45, 7) is 1.65. The SMILES string of the molecule is CNC(=O)c1ccc(S(=O)(=O)Nc2cc(S(=O)(=O)Nc3ccc(Cl)cc3)ccc2C)cc1. The average Bonchev–Trinajstić information content (AvgIpc) is 2.76. The van der Waals surface area contributed by atoms with Crippen molar-refractivity contribution in [3.05, 3.63) is 82.9 Å². The summed E-state index contributed by atoms with van der Waals surface area (Å²) < 4.78 is 55.9. The van der Waals surface area contributed by atoms with Gasteiger partial charge in [0.2, 0.25) is 0 Å². The zero-order valence-corrected chi connectivity index (χ0v) is 19.5. The van der Waals surface area contributed by atoms with E-state index >= 15 is 0 Å². The van der Waals surface area contributed by atoms with E-state index in [1.54, 1.807) is 19.1 Å². The second kappa shape index (κ2) is 9.19. The first-order chi connectivity index (χ1) is 15.0. The van der Waals surface area contributed by atoms with Gasteiger partial charge in [-0.05, 0) is 73.2 Å². The van der Waals surface area contributed by atoms with E-state index in [-0.39, 0.29) is 21.4 Å². The van der Waals surface area contributed by atoms with Gasteiger partial charge in [0, 0.05) is 23.3 Å². The van der Waals surface area contributed by atoms with Crippen molar-refractivity contribution in [2.45, 2.75) is 16.7 Å². The normalized spacial score (nSPS) is 11.6. The Kier molecular flexibility index (Phi) is 6.77. The van der Waals surface area contributed by atoms with E-state index in [0.29, 0.717) is 21.8 Å². The first kappa shape index (κ1) is 23.6. The van der Waals surface area contributed by atoms with E-state index in [2.05, 4.69) is 14.8 Å². The molecule has 11 heteroatoms. The minimum absolute atomic E-state index is 0.0721. The number of hydrogen-bond acceptors (Lipinski definition) is 5. The number of aryl methyl sites for hydroxylation is 1. The molecular weight excluding hydrogens is 474 g/mol. The lowest BCUT2D eigenvalue weighted by molar-refractivity contribution is 0.0963. The topological polar surface area (TPSA) is 121 Å². The molecule has 168 valence electrons. The lowest BCUT2D eigenvalue weighted by atomic mass is 10.2. The van der Waals surface area contributed by atoms with Crippen LogP contribution in [0.15, 0.2) is 76.5 Å². The number of anilines is 2. The second-order valence-corrected chi connectivity index (χ2v) is 10.6. The first-order valence-electron chi connectivity index (χ1n) is 9.26. The highest BCUT2D eigenvalue weighted by molar-refractivity contribution is 7.93. The van der Waals surface area contributed by atoms with Gasteiger partial charge in [0.25, 0.3) is 26.0 Å². The fraction of sp³-hybridized carbons (Fsp3) is 0.0952. The fourth-order valence-corrected chi connectivity index (χ4v) is 5.08. The number of hydrogen-bond donors (Lipinski definition) is 3. The summed E-state index contributed by atoms with van der Waals surface area (Å²) in [5.74, 6) is -0.344. The number of halogens is 1. The number of carbonyl (C=O) groups excluding carboxylic acids is 1. The number of carbonyl (C=O) groups is 1. The van der Waals surface area contributed by atoms with E-state index in [1.165, 1.54) is 61.6 Å². The van der Waals surface area contributed by atoms with Crippen molar-refractivity contribution in [3.63, 3.8) is 0 Å². The van der Waals surface area contributed by atoms with Crippen LogP contribution in [0.1, 0.15) is 15.9 Å². The third kappa shape index (κ3) is 5.39. The average molecular weight is 494 g/mol. The number of benzene rings is 3. The molecule has 3 N–H and O–H groups in total. The molecule has 0 aromatic heterocycles. The number of rotatable bonds is 7. The van der Waals surface area contributed by atoms with Crippen molar-refractivity contribution in [1.29, 1.82) is 0 Å². The maximum absolute atomic E-state index is 12.8. The Bertz CT molecular complexity index is 1360. The van der Waals surface area contributed by atoms with Crippen molar-refractivity contribution < 1.29 is 21.6 Å². The van der Waals surface area contributed by atoms with Gasteiger partial charge in [0.15, 0.2) is 0 Å². The Morgan fingerprint density at radius 3 is 1.94 bits per heavy atom. The van der Waals surface area contributed by atoms with Gasteiger partial charge in [0.1, 0.15) is 0 Å². The van der Waals surface area contributed by atoms with Gasteiger partial charge >= 0.3 is 0 Å². The first-order valence-corrected chi connectivity index (χ1v) is 12.6. The van der Waals surface area contributed by atoms with Gasteiger partial charge in [-0.2, -0.15) is 0 Å². The Balaban J connectivity index is 1.88. The molecule has 0 atom stereocenters. The highest BCUT2D eigenvalue weighted by Crippen LogP contribution is 2.25. The third-order valence-corrected chi connectivity index (χ3v) is 7.53. The summed E-state index contributed by atoms with van der Waals surface area (Å²) in [6, 6.07) is 15.6. The van der Waals surface area contributed by atoms with Crippen LogP contribution in [-0.4, -0.2) is 29.8 Å².